The normalized spacial score (nSPS) is 21.2. The highest BCUT2D eigenvalue weighted by Crippen LogP contribution is 2.31. The van der Waals surface area contributed by atoms with Crippen LogP contribution in [0.5, 0.6) is 5.75 Å². The number of nitrogens with one attached hydrogen (secondary N) is 1. The van der Waals surface area contributed by atoms with Gasteiger partial charge in [0.1, 0.15) is 5.75 Å². The van der Waals surface area contributed by atoms with E-state index in [0.717, 1.165) is 63.1 Å². The van der Waals surface area contributed by atoms with Gasteiger partial charge in [0, 0.05) is 19.1 Å². The van der Waals surface area contributed by atoms with Crippen LogP contribution in [0, 0.1) is 0 Å². The predicted octanol–water partition coefficient (Wildman–Crippen LogP) is 2.05. The molecule has 0 aromatic heterocycles. The van der Waals surface area contributed by atoms with Gasteiger partial charge in [0.25, 0.3) is 0 Å². The molecule has 0 radical (unpaired) electrons. The van der Waals surface area contributed by atoms with E-state index in [0.29, 0.717) is 0 Å². The van der Waals surface area contributed by atoms with Crippen LogP contribution in [0.15, 0.2) is 24.3 Å². The molecule has 23 heavy (non-hydrogen) atoms. The molecule has 126 valence electrons. The number of nitrogens with zero attached hydrogens (tertiary/aromatic N) is 1. The monoisotopic (exact) mass is 317 g/mol. The molecule has 1 amide bonds. The van der Waals surface area contributed by atoms with Crippen molar-refractivity contribution in [3.63, 3.8) is 0 Å². The molecule has 5 nitrogen and oxygen atoms in total. The lowest BCUT2D eigenvalue weighted by Crippen LogP contribution is -2.56. The first kappa shape index (κ1) is 16.1. The number of ether oxygens (including phenoxy) is 1. The first-order chi connectivity index (χ1) is 11.1. The summed E-state index contributed by atoms with van der Waals surface area (Å²) in [5, 5.41) is 3.18. The van der Waals surface area contributed by atoms with Crippen LogP contribution in [0.2, 0.25) is 0 Å². The Kier molecular flexibility index (Phi) is 4.76. The summed E-state index contributed by atoms with van der Waals surface area (Å²) in [5.41, 5.74) is 6.74. The molecule has 2 fully saturated rings. The molecule has 1 aliphatic heterocycles. The van der Waals surface area contributed by atoms with Crippen LogP contribution in [0.1, 0.15) is 38.5 Å². The van der Waals surface area contributed by atoms with Crippen molar-refractivity contribution in [1.82, 2.24) is 5.32 Å². The molecule has 1 aliphatic carbocycles. The molecule has 3 rings (SSSR count). The summed E-state index contributed by atoms with van der Waals surface area (Å²) >= 11 is 0. The minimum absolute atomic E-state index is 0.0470. The van der Waals surface area contributed by atoms with Crippen molar-refractivity contribution in [3.05, 3.63) is 24.3 Å². The van der Waals surface area contributed by atoms with E-state index >= 15 is 0 Å². The smallest absolute Gasteiger partial charge is 0.240 e. The average Bonchev–Trinajstić information content (AvgIpc) is 3.04. The number of amides is 1. The molecule has 5 heteroatoms. The van der Waals surface area contributed by atoms with Crippen molar-refractivity contribution < 1.29 is 9.53 Å². The highest BCUT2D eigenvalue weighted by atomic mass is 16.5. The van der Waals surface area contributed by atoms with Crippen molar-refractivity contribution in [1.29, 1.82) is 0 Å². The lowest BCUT2D eigenvalue weighted by atomic mass is 9.96. The third-order valence-electron chi connectivity index (χ3n) is 5.20. The van der Waals surface area contributed by atoms with Crippen LogP contribution in [-0.4, -0.2) is 37.7 Å². The maximum Gasteiger partial charge on any atom is 0.240 e. The summed E-state index contributed by atoms with van der Waals surface area (Å²) in [6, 6.07) is 8.32. The fourth-order valence-corrected chi connectivity index (χ4v) is 3.72. The fraction of sp³-hybridized carbons (Fsp3) is 0.611. The van der Waals surface area contributed by atoms with Gasteiger partial charge in [-0.3, -0.25) is 4.79 Å². The molecule has 1 heterocycles. The molecular weight excluding hydrogens is 290 g/mol. The summed E-state index contributed by atoms with van der Waals surface area (Å²) in [6.07, 6.45) is 5.66. The van der Waals surface area contributed by atoms with E-state index in [-0.39, 0.29) is 11.9 Å². The predicted molar refractivity (Wildman–Crippen MR) is 91.8 cm³/mol. The third-order valence-corrected chi connectivity index (χ3v) is 5.20. The van der Waals surface area contributed by atoms with Gasteiger partial charge < -0.3 is 20.7 Å². The van der Waals surface area contributed by atoms with Crippen molar-refractivity contribution in [3.8, 4) is 5.75 Å². The minimum Gasteiger partial charge on any atom is -0.495 e. The Bertz CT molecular complexity index is 547. The van der Waals surface area contributed by atoms with Gasteiger partial charge in [0.2, 0.25) is 5.91 Å². The zero-order chi connectivity index (χ0) is 16.3. The van der Waals surface area contributed by atoms with E-state index in [1.165, 1.54) is 0 Å². The van der Waals surface area contributed by atoms with Crippen molar-refractivity contribution >= 4 is 11.6 Å². The Morgan fingerprint density at radius 3 is 2.57 bits per heavy atom. The molecule has 0 bridgehead atoms. The second-order valence-corrected chi connectivity index (χ2v) is 6.77. The maximum absolute atomic E-state index is 12.4. The Morgan fingerprint density at radius 1 is 1.26 bits per heavy atom. The highest BCUT2D eigenvalue weighted by Gasteiger charge is 2.38. The van der Waals surface area contributed by atoms with E-state index < -0.39 is 5.54 Å². The molecule has 1 aromatic carbocycles. The lowest BCUT2D eigenvalue weighted by Gasteiger charge is -2.36. The quantitative estimate of drug-likeness (QED) is 0.892. The molecule has 0 spiro atoms. The number of hydrogen-bond acceptors (Lipinski definition) is 4. The summed E-state index contributed by atoms with van der Waals surface area (Å²) in [5.74, 6) is 0.951. The first-order valence-electron chi connectivity index (χ1n) is 8.60. The molecule has 1 saturated heterocycles. The van der Waals surface area contributed by atoms with Crippen LogP contribution >= 0.6 is 0 Å². The zero-order valence-corrected chi connectivity index (χ0v) is 13.9. The number of anilines is 1. The number of para-hydroxylation sites is 2. The van der Waals surface area contributed by atoms with Gasteiger partial charge in [-0.05, 0) is 37.8 Å². The number of rotatable bonds is 4. The van der Waals surface area contributed by atoms with E-state index in [1.807, 2.05) is 18.2 Å². The second-order valence-electron chi connectivity index (χ2n) is 6.77. The van der Waals surface area contributed by atoms with Gasteiger partial charge in [-0.15, -0.1) is 0 Å². The number of benzene rings is 1. The molecule has 1 aromatic rings. The number of carbonyl (C=O) groups excluding carboxylic acids is 1. The Balaban J connectivity index is 1.55. The minimum atomic E-state index is -0.625. The first-order valence-corrected chi connectivity index (χ1v) is 8.60. The van der Waals surface area contributed by atoms with Gasteiger partial charge >= 0.3 is 0 Å². The maximum atomic E-state index is 12.4. The summed E-state index contributed by atoms with van der Waals surface area (Å²) < 4.78 is 5.44. The lowest BCUT2D eigenvalue weighted by molar-refractivity contribution is -0.127. The standard InChI is InChI=1S/C18H27N3O2/c1-23-16-7-3-2-6-15(16)21-12-8-14(9-13-21)20-17(22)18(19)10-4-5-11-18/h2-3,6-7,14H,4-5,8-13,19H2,1H3,(H,20,22). The van der Waals surface area contributed by atoms with Crippen LogP contribution < -0.4 is 20.7 Å². The van der Waals surface area contributed by atoms with Gasteiger partial charge in [0.05, 0.1) is 18.3 Å². The third kappa shape index (κ3) is 3.44. The number of piperidine rings is 1. The van der Waals surface area contributed by atoms with Gasteiger partial charge in [-0.25, -0.2) is 0 Å². The van der Waals surface area contributed by atoms with Crippen LogP contribution in [0.4, 0.5) is 5.69 Å². The topological polar surface area (TPSA) is 67.6 Å². The Labute approximate surface area is 138 Å². The van der Waals surface area contributed by atoms with E-state index in [9.17, 15) is 4.79 Å². The number of hydrogen-bond donors (Lipinski definition) is 2. The molecule has 3 N–H and O–H groups in total. The van der Waals surface area contributed by atoms with E-state index in [1.54, 1.807) is 7.11 Å². The highest BCUT2D eigenvalue weighted by molar-refractivity contribution is 5.86. The summed E-state index contributed by atoms with van der Waals surface area (Å²) in [6.45, 7) is 1.84. The van der Waals surface area contributed by atoms with Crippen LogP contribution in [-0.2, 0) is 4.79 Å². The van der Waals surface area contributed by atoms with Gasteiger partial charge in [0.15, 0.2) is 0 Å². The van der Waals surface area contributed by atoms with E-state index in [4.69, 9.17) is 10.5 Å². The van der Waals surface area contributed by atoms with Gasteiger partial charge in [-0.2, -0.15) is 0 Å². The largest absolute Gasteiger partial charge is 0.495 e. The molecule has 0 atom stereocenters. The molecular formula is C18H27N3O2. The number of carbonyl (C=O) groups is 1. The average molecular weight is 317 g/mol. The second kappa shape index (κ2) is 6.79. The Morgan fingerprint density at radius 2 is 1.91 bits per heavy atom. The zero-order valence-electron chi connectivity index (χ0n) is 13.9. The van der Waals surface area contributed by atoms with Crippen LogP contribution in [0.25, 0.3) is 0 Å². The number of nitrogens with two attached hydrogens (primary N) is 1. The molecule has 2 aliphatic rings. The Hall–Kier alpha value is -1.75. The fourth-order valence-electron chi connectivity index (χ4n) is 3.72. The van der Waals surface area contributed by atoms with E-state index in [2.05, 4.69) is 16.3 Å². The van der Waals surface area contributed by atoms with Crippen molar-refractivity contribution in [2.75, 3.05) is 25.1 Å². The molecule has 1 saturated carbocycles. The number of methoxy groups -OCH3 is 1. The SMILES string of the molecule is COc1ccccc1N1CCC(NC(=O)C2(N)CCCC2)CC1. The van der Waals surface area contributed by atoms with Crippen molar-refractivity contribution in [2.45, 2.75) is 50.1 Å². The summed E-state index contributed by atoms with van der Waals surface area (Å²) in [7, 11) is 1.70. The van der Waals surface area contributed by atoms with Gasteiger partial charge in [-0.1, -0.05) is 25.0 Å². The summed E-state index contributed by atoms with van der Waals surface area (Å²) in [4.78, 5) is 14.7. The van der Waals surface area contributed by atoms with Crippen LogP contribution in [0.3, 0.4) is 0 Å². The van der Waals surface area contributed by atoms with Crippen molar-refractivity contribution in [2.24, 2.45) is 5.73 Å². The molecule has 0 unspecified atom stereocenters.